The summed E-state index contributed by atoms with van der Waals surface area (Å²) in [5.74, 6) is -0.307. The number of esters is 1. The fourth-order valence-corrected chi connectivity index (χ4v) is 0.977. The van der Waals surface area contributed by atoms with Crippen molar-refractivity contribution >= 4 is 12.1 Å². The third-order valence-electron chi connectivity index (χ3n) is 1.50. The number of carbonyl (C=O) groups excluding carboxylic acids is 1. The van der Waals surface area contributed by atoms with E-state index in [1.165, 1.54) is 0 Å². The Morgan fingerprint density at radius 3 is 2.38 bits per heavy atom. The van der Waals surface area contributed by atoms with E-state index in [4.69, 9.17) is 9.84 Å². The Labute approximate surface area is 95.4 Å². The summed E-state index contributed by atoms with van der Waals surface area (Å²) in [7, 11) is 0. The Bertz CT molecular complexity index is 235. The van der Waals surface area contributed by atoms with E-state index in [1.54, 1.807) is 0 Å². The molecule has 0 aromatic rings. The molecule has 0 aromatic heterocycles. The van der Waals surface area contributed by atoms with E-state index in [2.05, 4.69) is 10.6 Å². The zero-order valence-electron chi connectivity index (χ0n) is 10.0. The summed E-state index contributed by atoms with van der Waals surface area (Å²) >= 11 is 0. The lowest BCUT2D eigenvalue weighted by Gasteiger charge is -2.19. The molecule has 0 bridgehead atoms. The van der Waals surface area contributed by atoms with Crippen molar-refractivity contribution in [3.63, 3.8) is 0 Å². The molecule has 0 fully saturated rings. The summed E-state index contributed by atoms with van der Waals surface area (Å²) in [6.07, 6.45) is -0.401. The molecule has 6 nitrogen and oxygen atoms in total. The van der Waals surface area contributed by atoms with E-state index in [-0.39, 0.29) is 12.5 Å². The molecule has 3 N–H and O–H groups in total. The van der Waals surface area contributed by atoms with Gasteiger partial charge in [0.2, 0.25) is 0 Å². The van der Waals surface area contributed by atoms with Gasteiger partial charge in [-0.05, 0) is 33.7 Å². The standard InChI is InChI=1S/C10H20N2O4/c1-10(2,3)16-8(13)7-11-5-4-6-12-9(14)15/h11-12H,4-7H2,1-3H3,(H,14,15). The van der Waals surface area contributed by atoms with Gasteiger partial charge >= 0.3 is 12.1 Å². The second kappa shape index (κ2) is 7.05. The van der Waals surface area contributed by atoms with Gasteiger partial charge in [-0.25, -0.2) is 4.79 Å². The van der Waals surface area contributed by atoms with Crippen molar-refractivity contribution < 1.29 is 19.4 Å². The van der Waals surface area contributed by atoms with Crippen LogP contribution in [0.5, 0.6) is 0 Å². The molecule has 0 unspecified atom stereocenters. The second-order valence-electron chi connectivity index (χ2n) is 4.35. The van der Waals surface area contributed by atoms with Gasteiger partial charge in [0.1, 0.15) is 5.60 Å². The highest BCUT2D eigenvalue weighted by molar-refractivity contribution is 5.72. The van der Waals surface area contributed by atoms with Crippen molar-refractivity contribution in [3.8, 4) is 0 Å². The monoisotopic (exact) mass is 232 g/mol. The van der Waals surface area contributed by atoms with Crippen LogP contribution in [0, 0.1) is 0 Å². The zero-order valence-corrected chi connectivity index (χ0v) is 10.0. The minimum Gasteiger partial charge on any atom is -0.465 e. The molecule has 0 radical (unpaired) electrons. The minimum absolute atomic E-state index is 0.143. The average Bonchev–Trinajstić information content (AvgIpc) is 2.07. The molecule has 1 amide bonds. The number of rotatable bonds is 6. The molecule has 94 valence electrons. The maximum atomic E-state index is 11.2. The number of hydrogen-bond donors (Lipinski definition) is 3. The van der Waals surface area contributed by atoms with Gasteiger partial charge in [-0.3, -0.25) is 4.79 Å². The van der Waals surface area contributed by atoms with Gasteiger partial charge in [-0.1, -0.05) is 0 Å². The van der Waals surface area contributed by atoms with Gasteiger partial charge in [0, 0.05) is 6.54 Å². The fraction of sp³-hybridized carbons (Fsp3) is 0.800. The van der Waals surface area contributed by atoms with Crippen LogP contribution in [-0.2, 0) is 9.53 Å². The van der Waals surface area contributed by atoms with Crippen molar-refractivity contribution in [2.45, 2.75) is 32.8 Å². The normalized spacial score (nSPS) is 10.9. The molecule has 0 aromatic carbocycles. The van der Waals surface area contributed by atoms with Crippen LogP contribution in [0.15, 0.2) is 0 Å². The van der Waals surface area contributed by atoms with Crippen LogP contribution in [0.3, 0.4) is 0 Å². The van der Waals surface area contributed by atoms with Crippen LogP contribution >= 0.6 is 0 Å². The van der Waals surface area contributed by atoms with Crippen molar-refractivity contribution in [2.75, 3.05) is 19.6 Å². The quantitative estimate of drug-likeness (QED) is 0.460. The number of hydrogen-bond acceptors (Lipinski definition) is 4. The van der Waals surface area contributed by atoms with Crippen molar-refractivity contribution in [2.24, 2.45) is 0 Å². The number of carbonyl (C=O) groups is 2. The number of ether oxygens (including phenoxy) is 1. The Hall–Kier alpha value is -1.30. The highest BCUT2D eigenvalue weighted by Crippen LogP contribution is 2.05. The molecule has 6 heteroatoms. The fourth-order valence-electron chi connectivity index (χ4n) is 0.977. The van der Waals surface area contributed by atoms with Crippen LogP contribution in [0.2, 0.25) is 0 Å². The van der Waals surface area contributed by atoms with Crippen molar-refractivity contribution in [1.82, 2.24) is 10.6 Å². The zero-order chi connectivity index (χ0) is 12.6. The Morgan fingerprint density at radius 1 is 1.25 bits per heavy atom. The third-order valence-corrected chi connectivity index (χ3v) is 1.50. The molecule has 0 heterocycles. The Kier molecular flexibility index (Phi) is 6.48. The second-order valence-corrected chi connectivity index (χ2v) is 4.35. The van der Waals surface area contributed by atoms with Gasteiger partial charge in [0.05, 0.1) is 6.54 Å². The predicted molar refractivity (Wildman–Crippen MR) is 59.4 cm³/mol. The summed E-state index contributed by atoms with van der Waals surface area (Å²) in [5, 5.41) is 13.4. The van der Waals surface area contributed by atoms with Crippen LogP contribution < -0.4 is 10.6 Å². The third kappa shape index (κ3) is 10.8. The van der Waals surface area contributed by atoms with Gasteiger partial charge in [-0.15, -0.1) is 0 Å². The highest BCUT2D eigenvalue weighted by atomic mass is 16.6. The summed E-state index contributed by atoms with van der Waals surface area (Å²) in [4.78, 5) is 21.3. The lowest BCUT2D eigenvalue weighted by Crippen LogP contribution is -2.33. The molecule has 0 atom stereocenters. The molecule has 0 spiro atoms. The summed E-state index contributed by atoms with van der Waals surface area (Å²) in [6.45, 7) is 6.51. The first-order valence-corrected chi connectivity index (χ1v) is 5.20. The Balaban J connectivity index is 3.38. The lowest BCUT2D eigenvalue weighted by atomic mass is 10.2. The highest BCUT2D eigenvalue weighted by Gasteiger charge is 2.15. The maximum absolute atomic E-state index is 11.2. The minimum atomic E-state index is -1.04. The smallest absolute Gasteiger partial charge is 0.404 e. The van der Waals surface area contributed by atoms with E-state index < -0.39 is 11.7 Å². The molecular weight excluding hydrogens is 212 g/mol. The topological polar surface area (TPSA) is 87.7 Å². The predicted octanol–water partition coefficient (Wildman–Crippen LogP) is 0.575. The van der Waals surface area contributed by atoms with Gasteiger partial charge in [-0.2, -0.15) is 0 Å². The molecule has 16 heavy (non-hydrogen) atoms. The maximum Gasteiger partial charge on any atom is 0.404 e. The first-order valence-electron chi connectivity index (χ1n) is 5.20. The van der Waals surface area contributed by atoms with E-state index in [0.717, 1.165) is 0 Å². The first kappa shape index (κ1) is 14.7. The summed E-state index contributed by atoms with van der Waals surface area (Å²) < 4.78 is 5.07. The van der Waals surface area contributed by atoms with E-state index >= 15 is 0 Å². The van der Waals surface area contributed by atoms with Crippen LogP contribution in [-0.4, -0.2) is 42.4 Å². The van der Waals surface area contributed by atoms with Gasteiger partial charge in [0.25, 0.3) is 0 Å². The number of amides is 1. The van der Waals surface area contributed by atoms with Crippen LogP contribution in [0.4, 0.5) is 4.79 Å². The van der Waals surface area contributed by atoms with Gasteiger partial charge in [0.15, 0.2) is 0 Å². The SMILES string of the molecule is CC(C)(C)OC(=O)CNCCCNC(=O)O. The van der Waals surface area contributed by atoms with E-state index in [1.807, 2.05) is 20.8 Å². The average molecular weight is 232 g/mol. The van der Waals surface area contributed by atoms with Crippen molar-refractivity contribution in [3.05, 3.63) is 0 Å². The first-order chi connectivity index (χ1) is 7.31. The molecule has 0 aliphatic carbocycles. The summed E-state index contributed by atoms with van der Waals surface area (Å²) in [6, 6.07) is 0. The van der Waals surface area contributed by atoms with E-state index in [9.17, 15) is 9.59 Å². The molecule has 0 aliphatic heterocycles. The number of carboxylic acid groups (broad SMARTS) is 1. The van der Waals surface area contributed by atoms with Crippen molar-refractivity contribution in [1.29, 1.82) is 0 Å². The molecule has 0 aliphatic rings. The molecular formula is C10H20N2O4. The van der Waals surface area contributed by atoms with Crippen LogP contribution in [0.1, 0.15) is 27.2 Å². The summed E-state index contributed by atoms with van der Waals surface area (Å²) in [5.41, 5.74) is -0.469. The molecule has 0 saturated carbocycles. The lowest BCUT2D eigenvalue weighted by molar-refractivity contribution is -0.153. The Morgan fingerprint density at radius 2 is 1.88 bits per heavy atom. The van der Waals surface area contributed by atoms with E-state index in [0.29, 0.717) is 19.5 Å². The van der Waals surface area contributed by atoms with Crippen LogP contribution in [0.25, 0.3) is 0 Å². The molecule has 0 rings (SSSR count). The largest absolute Gasteiger partial charge is 0.465 e. The molecule has 0 saturated heterocycles. The number of nitrogens with one attached hydrogen (secondary N) is 2. The van der Waals surface area contributed by atoms with Gasteiger partial charge < -0.3 is 20.5 Å².